The molecule has 0 spiro atoms. The second-order valence-corrected chi connectivity index (χ2v) is 6.03. The number of aryl methyl sites for hydroxylation is 1. The quantitative estimate of drug-likeness (QED) is 0.727. The maximum Gasteiger partial charge on any atom is 0.0439 e. The average molecular weight is 322 g/mol. The van der Waals surface area contributed by atoms with Crippen molar-refractivity contribution in [3.05, 3.63) is 69.7 Å². The summed E-state index contributed by atoms with van der Waals surface area (Å²) < 4.78 is 0. The van der Waals surface area contributed by atoms with E-state index in [-0.39, 0.29) is 0 Å². The van der Waals surface area contributed by atoms with Gasteiger partial charge < -0.3 is 5.32 Å². The SMILES string of the molecule is CCNCC(CCc1cc(Cl)ccc1Cl)c1ccccc1. The van der Waals surface area contributed by atoms with E-state index >= 15 is 0 Å². The van der Waals surface area contributed by atoms with Gasteiger partial charge in [0.25, 0.3) is 0 Å². The normalized spacial score (nSPS) is 12.3. The summed E-state index contributed by atoms with van der Waals surface area (Å²) >= 11 is 12.3. The largest absolute Gasteiger partial charge is 0.316 e. The number of nitrogens with one attached hydrogen (secondary N) is 1. The van der Waals surface area contributed by atoms with Gasteiger partial charge in [0.1, 0.15) is 0 Å². The Bertz CT molecular complexity index is 554. The number of hydrogen-bond donors (Lipinski definition) is 1. The summed E-state index contributed by atoms with van der Waals surface area (Å²) in [6, 6.07) is 16.3. The van der Waals surface area contributed by atoms with Gasteiger partial charge in [0.2, 0.25) is 0 Å². The molecule has 0 bridgehead atoms. The number of rotatable bonds is 7. The number of likely N-dealkylation sites (N-methyl/N-ethyl adjacent to an activating group) is 1. The van der Waals surface area contributed by atoms with E-state index in [0.717, 1.165) is 41.5 Å². The van der Waals surface area contributed by atoms with Crippen LogP contribution in [0.15, 0.2) is 48.5 Å². The summed E-state index contributed by atoms with van der Waals surface area (Å²) in [6.45, 7) is 4.11. The van der Waals surface area contributed by atoms with Crippen molar-refractivity contribution in [3.8, 4) is 0 Å². The molecular weight excluding hydrogens is 301 g/mol. The Morgan fingerprint density at radius 2 is 1.81 bits per heavy atom. The molecule has 112 valence electrons. The van der Waals surface area contributed by atoms with Crippen LogP contribution < -0.4 is 5.32 Å². The molecule has 0 aliphatic carbocycles. The van der Waals surface area contributed by atoms with Crippen molar-refractivity contribution in [1.29, 1.82) is 0 Å². The zero-order valence-electron chi connectivity index (χ0n) is 12.3. The molecular formula is C18H21Cl2N. The van der Waals surface area contributed by atoms with Gasteiger partial charge in [0.05, 0.1) is 0 Å². The molecule has 0 aliphatic heterocycles. The van der Waals surface area contributed by atoms with Crippen LogP contribution in [0.3, 0.4) is 0 Å². The van der Waals surface area contributed by atoms with Crippen LogP contribution >= 0.6 is 23.2 Å². The van der Waals surface area contributed by atoms with Crippen LogP contribution in [-0.2, 0) is 6.42 Å². The van der Waals surface area contributed by atoms with Gasteiger partial charge in [-0.3, -0.25) is 0 Å². The van der Waals surface area contributed by atoms with Gasteiger partial charge in [-0.05, 0) is 54.6 Å². The smallest absolute Gasteiger partial charge is 0.0439 e. The van der Waals surface area contributed by atoms with E-state index in [4.69, 9.17) is 23.2 Å². The van der Waals surface area contributed by atoms with E-state index in [1.807, 2.05) is 18.2 Å². The molecule has 0 aliphatic rings. The first-order valence-electron chi connectivity index (χ1n) is 7.40. The molecule has 0 amide bonds. The highest BCUT2D eigenvalue weighted by molar-refractivity contribution is 6.33. The molecule has 1 unspecified atom stereocenters. The maximum absolute atomic E-state index is 6.26. The van der Waals surface area contributed by atoms with Gasteiger partial charge in [-0.2, -0.15) is 0 Å². The van der Waals surface area contributed by atoms with Crippen molar-refractivity contribution in [2.45, 2.75) is 25.7 Å². The topological polar surface area (TPSA) is 12.0 Å². The van der Waals surface area contributed by atoms with Gasteiger partial charge in [0.15, 0.2) is 0 Å². The molecule has 1 N–H and O–H groups in total. The minimum Gasteiger partial charge on any atom is -0.316 e. The van der Waals surface area contributed by atoms with Crippen LogP contribution in [-0.4, -0.2) is 13.1 Å². The molecule has 0 aromatic heterocycles. The first-order valence-corrected chi connectivity index (χ1v) is 8.16. The van der Waals surface area contributed by atoms with Gasteiger partial charge in [-0.15, -0.1) is 0 Å². The minimum atomic E-state index is 0.487. The Morgan fingerprint density at radius 1 is 1.05 bits per heavy atom. The van der Waals surface area contributed by atoms with Crippen LogP contribution in [0.4, 0.5) is 0 Å². The van der Waals surface area contributed by atoms with E-state index in [1.54, 1.807) is 0 Å². The van der Waals surface area contributed by atoms with Crippen molar-refractivity contribution in [3.63, 3.8) is 0 Å². The van der Waals surface area contributed by atoms with Gasteiger partial charge in [0, 0.05) is 16.6 Å². The van der Waals surface area contributed by atoms with E-state index in [0.29, 0.717) is 5.92 Å². The van der Waals surface area contributed by atoms with Crippen molar-refractivity contribution >= 4 is 23.2 Å². The Morgan fingerprint density at radius 3 is 2.52 bits per heavy atom. The second kappa shape index (κ2) is 8.43. The molecule has 0 heterocycles. The lowest BCUT2D eigenvalue weighted by molar-refractivity contribution is 0.562. The zero-order valence-corrected chi connectivity index (χ0v) is 13.8. The lowest BCUT2D eigenvalue weighted by atomic mass is 9.92. The fourth-order valence-corrected chi connectivity index (χ4v) is 2.90. The summed E-state index contributed by atoms with van der Waals surface area (Å²) in [5.41, 5.74) is 2.50. The van der Waals surface area contributed by atoms with Gasteiger partial charge in [-0.1, -0.05) is 60.5 Å². The van der Waals surface area contributed by atoms with Crippen LogP contribution in [0, 0.1) is 0 Å². The maximum atomic E-state index is 6.26. The summed E-state index contributed by atoms with van der Waals surface area (Å²) in [7, 11) is 0. The first kappa shape index (κ1) is 16.4. The van der Waals surface area contributed by atoms with Gasteiger partial charge >= 0.3 is 0 Å². The number of hydrogen-bond acceptors (Lipinski definition) is 1. The zero-order chi connectivity index (χ0) is 15.1. The Kier molecular flexibility index (Phi) is 6.56. The summed E-state index contributed by atoms with van der Waals surface area (Å²) in [5, 5.41) is 5.00. The number of halogens is 2. The van der Waals surface area contributed by atoms with Crippen LogP contribution in [0.1, 0.15) is 30.4 Å². The third kappa shape index (κ3) is 5.03. The van der Waals surface area contributed by atoms with E-state index in [1.165, 1.54) is 5.56 Å². The highest BCUT2D eigenvalue weighted by Gasteiger charge is 2.12. The molecule has 0 fully saturated rings. The van der Waals surface area contributed by atoms with E-state index in [9.17, 15) is 0 Å². The lowest BCUT2D eigenvalue weighted by Crippen LogP contribution is -2.21. The van der Waals surface area contributed by atoms with Crippen LogP contribution in [0.2, 0.25) is 10.0 Å². The van der Waals surface area contributed by atoms with Crippen molar-refractivity contribution in [2.75, 3.05) is 13.1 Å². The highest BCUT2D eigenvalue weighted by Crippen LogP contribution is 2.26. The molecule has 1 nitrogen and oxygen atoms in total. The molecule has 1 atom stereocenters. The lowest BCUT2D eigenvalue weighted by Gasteiger charge is -2.18. The second-order valence-electron chi connectivity index (χ2n) is 5.19. The van der Waals surface area contributed by atoms with Crippen molar-refractivity contribution in [1.82, 2.24) is 5.32 Å². The molecule has 2 rings (SSSR count). The molecule has 0 radical (unpaired) electrons. The summed E-state index contributed by atoms with van der Waals surface area (Å²) in [6.07, 6.45) is 1.99. The van der Waals surface area contributed by atoms with Crippen molar-refractivity contribution in [2.24, 2.45) is 0 Å². The third-order valence-electron chi connectivity index (χ3n) is 3.68. The molecule has 3 heteroatoms. The monoisotopic (exact) mass is 321 g/mol. The minimum absolute atomic E-state index is 0.487. The van der Waals surface area contributed by atoms with E-state index in [2.05, 4.69) is 42.6 Å². The highest BCUT2D eigenvalue weighted by atomic mass is 35.5. The Hall–Kier alpha value is -1.02. The third-order valence-corrected chi connectivity index (χ3v) is 4.29. The van der Waals surface area contributed by atoms with Crippen molar-refractivity contribution < 1.29 is 0 Å². The molecule has 2 aromatic carbocycles. The fraction of sp³-hybridized carbons (Fsp3) is 0.333. The van der Waals surface area contributed by atoms with Crippen LogP contribution in [0.5, 0.6) is 0 Å². The Balaban J connectivity index is 2.07. The van der Waals surface area contributed by atoms with E-state index < -0.39 is 0 Å². The first-order chi connectivity index (χ1) is 10.2. The fourth-order valence-electron chi connectivity index (χ4n) is 2.49. The predicted molar refractivity (Wildman–Crippen MR) is 92.5 cm³/mol. The molecule has 2 aromatic rings. The molecule has 0 saturated heterocycles. The Labute approximate surface area is 137 Å². The average Bonchev–Trinajstić information content (AvgIpc) is 2.51. The summed E-state index contributed by atoms with van der Waals surface area (Å²) in [4.78, 5) is 0. The number of benzene rings is 2. The predicted octanol–water partition coefficient (Wildman–Crippen LogP) is 5.32. The molecule has 0 saturated carbocycles. The molecule has 21 heavy (non-hydrogen) atoms. The van der Waals surface area contributed by atoms with Gasteiger partial charge in [-0.25, -0.2) is 0 Å². The van der Waals surface area contributed by atoms with Crippen LogP contribution in [0.25, 0.3) is 0 Å². The standard InChI is InChI=1S/C18H21Cl2N/c1-2-21-13-16(14-6-4-3-5-7-14)9-8-15-12-17(19)10-11-18(15)20/h3-7,10-12,16,21H,2,8-9,13H2,1H3. The summed E-state index contributed by atoms with van der Waals surface area (Å²) in [5.74, 6) is 0.487.